The van der Waals surface area contributed by atoms with E-state index in [1.807, 2.05) is 13.8 Å². The number of hydrogen-bond acceptors (Lipinski definition) is 2. The summed E-state index contributed by atoms with van der Waals surface area (Å²) in [6.45, 7) is 3.77. The van der Waals surface area contributed by atoms with Crippen LogP contribution in [-0.4, -0.2) is 0 Å². The molecule has 2 aromatic rings. The minimum Gasteiger partial charge on any atom is -0.431 e. The normalized spacial score (nSPS) is 11.3. The van der Waals surface area contributed by atoms with Crippen LogP contribution < -0.4 is 5.63 Å². The molecular formula is C12H10F2O2. The fourth-order valence-electron chi connectivity index (χ4n) is 1.65. The molecule has 0 atom stereocenters. The molecule has 0 N–H and O–H groups in total. The Balaban J connectivity index is 2.93. The topological polar surface area (TPSA) is 30.2 Å². The highest BCUT2D eigenvalue weighted by molar-refractivity contribution is 5.84. The van der Waals surface area contributed by atoms with Gasteiger partial charge < -0.3 is 4.42 Å². The van der Waals surface area contributed by atoms with Crippen LogP contribution >= 0.6 is 0 Å². The van der Waals surface area contributed by atoms with Crippen LogP contribution in [0.2, 0.25) is 0 Å². The number of hydrogen-bond donors (Lipinski definition) is 0. The predicted octanol–water partition coefficient (Wildman–Crippen LogP) is 3.19. The average Bonchev–Trinajstić information content (AvgIpc) is 2.21. The fourth-order valence-corrected chi connectivity index (χ4v) is 1.65. The van der Waals surface area contributed by atoms with Crippen LogP contribution in [0.5, 0.6) is 0 Å². The van der Waals surface area contributed by atoms with E-state index in [1.165, 1.54) is 6.26 Å². The first-order valence-electron chi connectivity index (χ1n) is 4.91. The first-order valence-corrected chi connectivity index (χ1v) is 4.91. The molecular weight excluding hydrogens is 214 g/mol. The number of fused-ring (bicyclic) bond motifs is 1. The maximum atomic E-state index is 13.1. The molecule has 2 nitrogen and oxygen atoms in total. The highest BCUT2D eigenvalue weighted by atomic mass is 19.2. The van der Waals surface area contributed by atoms with Crippen molar-refractivity contribution in [2.24, 2.45) is 0 Å². The van der Waals surface area contributed by atoms with Crippen LogP contribution in [0.15, 0.2) is 27.6 Å². The summed E-state index contributed by atoms with van der Waals surface area (Å²) in [5.41, 5.74) is 0.0341. The zero-order valence-corrected chi connectivity index (χ0v) is 8.88. The Hall–Kier alpha value is -1.71. The smallest absolute Gasteiger partial charge is 0.343 e. The van der Waals surface area contributed by atoms with Crippen molar-refractivity contribution in [1.29, 1.82) is 0 Å². The maximum absolute atomic E-state index is 13.1. The quantitative estimate of drug-likeness (QED) is 0.744. The summed E-state index contributed by atoms with van der Waals surface area (Å²) >= 11 is 0. The standard InChI is InChI=1S/C12H10F2O2/c1-6(2)9-5-16-12(15)8-4-11(14)10(13)3-7(8)9/h3-6H,1-2H3. The van der Waals surface area contributed by atoms with Gasteiger partial charge >= 0.3 is 5.63 Å². The summed E-state index contributed by atoms with van der Waals surface area (Å²) in [5.74, 6) is -1.93. The molecule has 1 aromatic heterocycles. The number of benzene rings is 1. The molecule has 0 aliphatic rings. The second kappa shape index (κ2) is 3.70. The van der Waals surface area contributed by atoms with Crippen LogP contribution in [0.25, 0.3) is 10.8 Å². The van der Waals surface area contributed by atoms with E-state index in [-0.39, 0.29) is 11.3 Å². The van der Waals surface area contributed by atoms with Crippen molar-refractivity contribution >= 4 is 10.8 Å². The van der Waals surface area contributed by atoms with Gasteiger partial charge in [-0.2, -0.15) is 0 Å². The van der Waals surface area contributed by atoms with Crippen molar-refractivity contribution in [2.75, 3.05) is 0 Å². The summed E-state index contributed by atoms with van der Waals surface area (Å²) in [6.07, 6.45) is 1.30. The highest BCUT2D eigenvalue weighted by Crippen LogP contribution is 2.24. The van der Waals surface area contributed by atoms with E-state index in [2.05, 4.69) is 0 Å². The summed E-state index contributed by atoms with van der Waals surface area (Å²) < 4.78 is 30.9. The van der Waals surface area contributed by atoms with Crippen molar-refractivity contribution in [3.8, 4) is 0 Å². The molecule has 84 valence electrons. The number of halogens is 2. The lowest BCUT2D eigenvalue weighted by Gasteiger charge is -2.08. The monoisotopic (exact) mass is 224 g/mol. The third-order valence-electron chi connectivity index (χ3n) is 2.51. The van der Waals surface area contributed by atoms with Gasteiger partial charge in [-0.25, -0.2) is 13.6 Å². The Morgan fingerprint density at radius 3 is 2.25 bits per heavy atom. The molecule has 1 aromatic carbocycles. The van der Waals surface area contributed by atoms with Crippen molar-refractivity contribution in [1.82, 2.24) is 0 Å². The van der Waals surface area contributed by atoms with Crippen molar-refractivity contribution in [3.05, 3.63) is 46.0 Å². The highest BCUT2D eigenvalue weighted by Gasteiger charge is 2.13. The molecule has 0 saturated carbocycles. The molecule has 0 aliphatic heterocycles. The van der Waals surface area contributed by atoms with Gasteiger partial charge in [-0.15, -0.1) is 0 Å². The van der Waals surface area contributed by atoms with Crippen LogP contribution in [0.1, 0.15) is 25.3 Å². The molecule has 16 heavy (non-hydrogen) atoms. The molecule has 0 unspecified atom stereocenters. The van der Waals surface area contributed by atoms with Crippen LogP contribution in [0, 0.1) is 11.6 Å². The molecule has 1 heterocycles. The zero-order valence-electron chi connectivity index (χ0n) is 8.88. The summed E-state index contributed by atoms with van der Waals surface area (Å²) in [6, 6.07) is 1.92. The van der Waals surface area contributed by atoms with E-state index < -0.39 is 17.3 Å². The van der Waals surface area contributed by atoms with Crippen molar-refractivity contribution < 1.29 is 13.2 Å². The second-order valence-corrected chi connectivity index (χ2v) is 3.95. The molecule has 0 aliphatic carbocycles. The van der Waals surface area contributed by atoms with Crippen LogP contribution in [-0.2, 0) is 0 Å². The van der Waals surface area contributed by atoms with Gasteiger partial charge in [-0.3, -0.25) is 0 Å². The Bertz CT molecular complexity index is 600. The first kappa shape index (κ1) is 10.8. The Labute approximate surface area is 90.5 Å². The van der Waals surface area contributed by atoms with Gasteiger partial charge in [0.1, 0.15) is 0 Å². The minimum atomic E-state index is -1.04. The predicted molar refractivity (Wildman–Crippen MR) is 56.5 cm³/mol. The summed E-state index contributed by atoms with van der Waals surface area (Å²) in [5, 5.41) is 0.482. The molecule has 2 rings (SSSR count). The van der Waals surface area contributed by atoms with E-state index in [0.717, 1.165) is 12.1 Å². The first-order chi connectivity index (χ1) is 7.50. The van der Waals surface area contributed by atoms with Gasteiger partial charge in [-0.1, -0.05) is 13.8 Å². The molecule has 0 amide bonds. The van der Waals surface area contributed by atoms with E-state index in [4.69, 9.17) is 4.42 Å². The van der Waals surface area contributed by atoms with Gasteiger partial charge in [0.2, 0.25) is 0 Å². The van der Waals surface area contributed by atoms with E-state index in [9.17, 15) is 13.6 Å². The van der Waals surface area contributed by atoms with Crippen molar-refractivity contribution in [2.45, 2.75) is 19.8 Å². The van der Waals surface area contributed by atoms with Crippen LogP contribution in [0.3, 0.4) is 0 Å². The third kappa shape index (κ3) is 1.60. The largest absolute Gasteiger partial charge is 0.431 e. The molecule has 4 heteroatoms. The summed E-state index contributed by atoms with van der Waals surface area (Å²) in [4.78, 5) is 11.4. The second-order valence-electron chi connectivity index (χ2n) is 3.95. The van der Waals surface area contributed by atoms with Gasteiger partial charge in [0, 0.05) is 0 Å². The molecule has 0 fully saturated rings. The Kier molecular flexibility index (Phi) is 2.50. The number of rotatable bonds is 1. The van der Waals surface area contributed by atoms with E-state index >= 15 is 0 Å². The summed E-state index contributed by atoms with van der Waals surface area (Å²) in [7, 11) is 0. The third-order valence-corrected chi connectivity index (χ3v) is 2.51. The van der Waals surface area contributed by atoms with Gasteiger partial charge in [0.25, 0.3) is 0 Å². The van der Waals surface area contributed by atoms with Gasteiger partial charge in [0.05, 0.1) is 11.6 Å². The zero-order chi connectivity index (χ0) is 11.9. The van der Waals surface area contributed by atoms with Crippen molar-refractivity contribution in [3.63, 3.8) is 0 Å². The molecule has 0 saturated heterocycles. The molecule has 0 spiro atoms. The van der Waals surface area contributed by atoms with Crippen LogP contribution in [0.4, 0.5) is 8.78 Å². The van der Waals surface area contributed by atoms with E-state index in [0.29, 0.717) is 10.9 Å². The Morgan fingerprint density at radius 1 is 1.12 bits per heavy atom. The average molecular weight is 224 g/mol. The minimum absolute atomic E-state index is 0.0664. The lowest BCUT2D eigenvalue weighted by atomic mass is 9.99. The fraction of sp³-hybridized carbons (Fsp3) is 0.250. The lowest BCUT2D eigenvalue weighted by Crippen LogP contribution is -2.04. The molecule has 0 radical (unpaired) electrons. The maximum Gasteiger partial charge on any atom is 0.343 e. The lowest BCUT2D eigenvalue weighted by molar-refractivity contribution is 0.499. The SMILES string of the molecule is CC(C)c1coc(=O)c2cc(F)c(F)cc12. The Morgan fingerprint density at radius 2 is 1.69 bits per heavy atom. The molecule has 0 bridgehead atoms. The van der Waals surface area contributed by atoms with Gasteiger partial charge in [-0.05, 0) is 29.0 Å². The van der Waals surface area contributed by atoms with E-state index in [1.54, 1.807) is 0 Å². The van der Waals surface area contributed by atoms with Gasteiger partial charge in [0.15, 0.2) is 11.6 Å².